The predicted molar refractivity (Wildman–Crippen MR) is 109 cm³/mol. The standard InChI is InChI=1S/C18H17ClN4O3S2/c1-11-5-3-4-6-15(11)12(2)23-28(25,26)18-22-21-17(27-18)20-16(24)13-7-9-14(19)10-8-13/h3-10,12,23H,1-2H3,(H,20,21,24)/t12-/m0/s1. The van der Waals surface area contributed by atoms with Crippen molar-refractivity contribution >= 4 is 44.0 Å². The van der Waals surface area contributed by atoms with Gasteiger partial charge in [-0.05, 0) is 49.2 Å². The first-order valence-electron chi connectivity index (χ1n) is 8.24. The maximum Gasteiger partial charge on any atom is 0.270 e. The Kier molecular flexibility index (Phi) is 6.09. The quantitative estimate of drug-likeness (QED) is 0.572. The van der Waals surface area contributed by atoms with Crippen LogP contribution in [0.25, 0.3) is 0 Å². The molecule has 0 saturated heterocycles. The molecule has 28 heavy (non-hydrogen) atoms. The van der Waals surface area contributed by atoms with Crippen molar-refractivity contribution in [3.8, 4) is 0 Å². The molecule has 10 heteroatoms. The van der Waals surface area contributed by atoms with Crippen LogP contribution in [0.5, 0.6) is 0 Å². The van der Waals surface area contributed by atoms with Crippen LogP contribution in [0.2, 0.25) is 5.02 Å². The first-order valence-corrected chi connectivity index (χ1v) is 10.9. The lowest BCUT2D eigenvalue weighted by Gasteiger charge is -2.15. The third-order valence-corrected chi connectivity index (χ3v) is 6.95. The summed E-state index contributed by atoms with van der Waals surface area (Å²) in [6.07, 6.45) is 0. The minimum absolute atomic E-state index is 0.0869. The van der Waals surface area contributed by atoms with Gasteiger partial charge in [-0.25, -0.2) is 13.1 Å². The number of anilines is 1. The van der Waals surface area contributed by atoms with Crippen molar-refractivity contribution in [3.63, 3.8) is 0 Å². The fourth-order valence-electron chi connectivity index (χ4n) is 2.56. The summed E-state index contributed by atoms with van der Waals surface area (Å²) in [6.45, 7) is 3.67. The molecule has 2 aromatic carbocycles. The van der Waals surface area contributed by atoms with Gasteiger partial charge in [0.15, 0.2) is 0 Å². The molecule has 3 rings (SSSR count). The van der Waals surface area contributed by atoms with Gasteiger partial charge in [0.05, 0.1) is 0 Å². The first kappa shape index (κ1) is 20.4. The number of hydrogen-bond donors (Lipinski definition) is 2. The van der Waals surface area contributed by atoms with Crippen LogP contribution in [0.15, 0.2) is 52.9 Å². The first-order chi connectivity index (χ1) is 13.3. The van der Waals surface area contributed by atoms with Gasteiger partial charge in [0.25, 0.3) is 15.9 Å². The van der Waals surface area contributed by atoms with E-state index in [1.54, 1.807) is 31.2 Å². The van der Waals surface area contributed by atoms with Gasteiger partial charge >= 0.3 is 0 Å². The SMILES string of the molecule is Cc1ccccc1[C@H](C)NS(=O)(=O)c1nnc(NC(=O)c2ccc(Cl)cc2)s1. The molecule has 0 aliphatic carbocycles. The Morgan fingerprint density at radius 3 is 2.46 bits per heavy atom. The number of hydrogen-bond acceptors (Lipinski definition) is 6. The number of carbonyl (C=O) groups is 1. The molecular weight excluding hydrogens is 420 g/mol. The third kappa shape index (κ3) is 4.74. The van der Waals surface area contributed by atoms with Crippen LogP contribution in [0, 0.1) is 6.92 Å². The number of rotatable bonds is 6. The van der Waals surface area contributed by atoms with Crippen molar-refractivity contribution in [1.29, 1.82) is 0 Å². The lowest BCUT2D eigenvalue weighted by Crippen LogP contribution is -2.27. The second-order valence-corrected chi connectivity index (χ2v) is 9.34. The van der Waals surface area contributed by atoms with Crippen molar-refractivity contribution in [2.75, 3.05) is 5.32 Å². The average molecular weight is 437 g/mol. The van der Waals surface area contributed by atoms with E-state index in [4.69, 9.17) is 11.6 Å². The number of aromatic nitrogens is 2. The van der Waals surface area contributed by atoms with Crippen LogP contribution in [-0.4, -0.2) is 24.5 Å². The summed E-state index contributed by atoms with van der Waals surface area (Å²) in [6, 6.07) is 13.4. The van der Waals surface area contributed by atoms with E-state index in [1.807, 2.05) is 31.2 Å². The van der Waals surface area contributed by atoms with Gasteiger partial charge < -0.3 is 0 Å². The van der Waals surface area contributed by atoms with E-state index in [9.17, 15) is 13.2 Å². The zero-order valence-corrected chi connectivity index (χ0v) is 17.4. The Balaban J connectivity index is 1.72. The average Bonchev–Trinajstić information content (AvgIpc) is 3.11. The van der Waals surface area contributed by atoms with Crippen molar-refractivity contribution in [2.45, 2.75) is 24.2 Å². The molecule has 1 atom stereocenters. The van der Waals surface area contributed by atoms with E-state index in [0.29, 0.717) is 10.6 Å². The third-order valence-electron chi connectivity index (χ3n) is 3.95. The predicted octanol–water partition coefficient (Wildman–Crippen LogP) is 3.79. The highest BCUT2D eigenvalue weighted by molar-refractivity contribution is 7.91. The van der Waals surface area contributed by atoms with Crippen molar-refractivity contribution in [1.82, 2.24) is 14.9 Å². The second kappa shape index (κ2) is 8.36. The van der Waals surface area contributed by atoms with Gasteiger partial charge in [0, 0.05) is 16.6 Å². The summed E-state index contributed by atoms with van der Waals surface area (Å²) in [7, 11) is -3.88. The minimum Gasteiger partial charge on any atom is -0.296 e. The molecule has 1 aromatic heterocycles. The Labute approximate surface area is 171 Å². The molecule has 2 N–H and O–H groups in total. The maximum absolute atomic E-state index is 12.6. The molecule has 0 fully saturated rings. The molecule has 0 spiro atoms. The summed E-state index contributed by atoms with van der Waals surface area (Å²) in [5.74, 6) is -0.432. The molecule has 146 valence electrons. The van der Waals surface area contributed by atoms with E-state index >= 15 is 0 Å². The fraction of sp³-hybridized carbons (Fsp3) is 0.167. The van der Waals surface area contributed by atoms with E-state index in [2.05, 4.69) is 20.2 Å². The monoisotopic (exact) mass is 436 g/mol. The van der Waals surface area contributed by atoms with Gasteiger partial charge in [0.2, 0.25) is 9.47 Å². The lowest BCUT2D eigenvalue weighted by atomic mass is 10.0. The van der Waals surface area contributed by atoms with E-state index in [0.717, 1.165) is 22.5 Å². The van der Waals surface area contributed by atoms with Crippen LogP contribution in [0.3, 0.4) is 0 Å². The summed E-state index contributed by atoms with van der Waals surface area (Å²) in [5.41, 5.74) is 2.22. The normalized spacial score (nSPS) is 12.5. The molecule has 0 saturated carbocycles. The van der Waals surface area contributed by atoms with Crippen LogP contribution < -0.4 is 10.0 Å². The molecule has 0 aliphatic rings. The number of nitrogens with zero attached hydrogens (tertiary/aromatic N) is 2. The number of nitrogens with one attached hydrogen (secondary N) is 2. The van der Waals surface area contributed by atoms with Gasteiger partial charge in [0.1, 0.15) is 0 Å². The fourth-order valence-corrected chi connectivity index (χ4v) is 4.82. The highest BCUT2D eigenvalue weighted by Crippen LogP contribution is 2.24. The van der Waals surface area contributed by atoms with Crippen LogP contribution in [0.1, 0.15) is 34.5 Å². The molecule has 7 nitrogen and oxygen atoms in total. The molecule has 3 aromatic rings. The molecule has 1 heterocycles. The molecule has 1 amide bonds. The minimum atomic E-state index is -3.88. The summed E-state index contributed by atoms with van der Waals surface area (Å²) >= 11 is 6.58. The highest BCUT2D eigenvalue weighted by Gasteiger charge is 2.24. The number of amides is 1. The van der Waals surface area contributed by atoms with E-state index < -0.39 is 22.0 Å². The molecule has 0 bridgehead atoms. The van der Waals surface area contributed by atoms with Gasteiger partial charge in [-0.15, -0.1) is 10.2 Å². The number of halogens is 1. The lowest BCUT2D eigenvalue weighted by molar-refractivity contribution is 0.102. The van der Waals surface area contributed by atoms with E-state index in [1.165, 1.54) is 0 Å². The maximum atomic E-state index is 12.6. The Bertz CT molecular complexity index is 1100. The number of aryl methyl sites for hydroxylation is 1. The van der Waals surface area contributed by atoms with Crippen molar-refractivity contribution in [2.24, 2.45) is 0 Å². The Morgan fingerprint density at radius 1 is 1.11 bits per heavy atom. The second-order valence-electron chi connectivity index (χ2n) is 6.03. The van der Waals surface area contributed by atoms with Gasteiger partial charge in [-0.3, -0.25) is 10.1 Å². The van der Waals surface area contributed by atoms with Gasteiger partial charge in [-0.2, -0.15) is 0 Å². The van der Waals surface area contributed by atoms with Gasteiger partial charge in [-0.1, -0.05) is 47.2 Å². The molecule has 0 radical (unpaired) electrons. The summed E-state index contributed by atoms with van der Waals surface area (Å²) in [5, 5.41) is 10.6. The van der Waals surface area contributed by atoms with Crippen molar-refractivity contribution < 1.29 is 13.2 Å². The van der Waals surface area contributed by atoms with Crippen LogP contribution >= 0.6 is 22.9 Å². The Morgan fingerprint density at radius 2 is 1.79 bits per heavy atom. The Hall–Kier alpha value is -2.33. The van der Waals surface area contributed by atoms with Crippen LogP contribution in [-0.2, 0) is 10.0 Å². The highest BCUT2D eigenvalue weighted by atomic mass is 35.5. The molecule has 0 unspecified atom stereocenters. The summed E-state index contributed by atoms with van der Waals surface area (Å²) in [4.78, 5) is 12.2. The smallest absolute Gasteiger partial charge is 0.270 e. The van der Waals surface area contributed by atoms with Crippen LogP contribution in [0.4, 0.5) is 5.13 Å². The van der Waals surface area contributed by atoms with E-state index in [-0.39, 0.29) is 9.47 Å². The number of carbonyl (C=O) groups excluding carboxylic acids is 1. The molecular formula is C18H17ClN4O3S2. The zero-order chi connectivity index (χ0) is 20.3. The summed E-state index contributed by atoms with van der Waals surface area (Å²) < 4.78 is 27.6. The van der Waals surface area contributed by atoms with Crippen molar-refractivity contribution in [3.05, 3.63) is 70.2 Å². The topological polar surface area (TPSA) is 101 Å². The molecule has 0 aliphatic heterocycles. The largest absolute Gasteiger partial charge is 0.296 e. The number of sulfonamides is 1. The number of benzene rings is 2. The zero-order valence-electron chi connectivity index (χ0n) is 15.0.